The molecule has 2 aromatic carbocycles. The first-order valence-electron chi connectivity index (χ1n) is 10.2. The number of likely N-dealkylation sites (tertiary alicyclic amines) is 1. The van der Waals surface area contributed by atoms with Gasteiger partial charge >= 0.3 is 6.18 Å². The predicted octanol–water partition coefficient (Wildman–Crippen LogP) is 4.43. The summed E-state index contributed by atoms with van der Waals surface area (Å²) in [5.41, 5.74) is 1.09. The number of benzene rings is 2. The zero-order valence-electron chi connectivity index (χ0n) is 17.0. The molecule has 4 nitrogen and oxygen atoms in total. The first-order valence-corrected chi connectivity index (χ1v) is 10.2. The van der Waals surface area contributed by atoms with Crippen molar-refractivity contribution in [3.63, 3.8) is 0 Å². The van der Waals surface area contributed by atoms with Crippen LogP contribution >= 0.6 is 0 Å². The van der Waals surface area contributed by atoms with Gasteiger partial charge in [0.1, 0.15) is 5.75 Å². The molecule has 0 radical (unpaired) electrons. The van der Waals surface area contributed by atoms with Crippen molar-refractivity contribution >= 4 is 5.91 Å². The van der Waals surface area contributed by atoms with Crippen molar-refractivity contribution < 1.29 is 22.7 Å². The van der Waals surface area contributed by atoms with Crippen molar-refractivity contribution in [2.24, 2.45) is 0 Å². The van der Waals surface area contributed by atoms with Gasteiger partial charge in [0.05, 0.1) is 12.7 Å². The molecule has 1 amide bonds. The van der Waals surface area contributed by atoms with Gasteiger partial charge in [-0.15, -0.1) is 0 Å². The van der Waals surface area contributed by atoms with E-state index in [1.807, 2.05) is 29.2 Å². The van der Waals surface area contributed by atoms with Gasteiger partial charge in [-0.25, -0.2) is 0 Å². The number of carbonyl (C=O) groups is 1. The number of rotatable bonds is 9. The van der Waals surface area contributed by atoms with E-state index in [0.717, 1.165) is 36.6 Å². The summed E-state index contributed by atoms with van der Waals surface area (Å²) in [6, 6.07) is 13.4. The topological polar surface area (TPSA) is 41.6 Å². The Morgan fingerprint density at radius 2 is 1.90 bits per heavy atom. The maximum atomic E-state index is 12.8. The summed E-state index contributed by atoms with van der Waals surface area (Å²) in [6.07, 6.45) is -1.41. The molecule has 162 valence electrons. The third-order valence-electron chi connectivity index (χ3n) is 5.47. The summed E-state index contributed by atoms with van der Waals surface area (Å²) >= 11 is 0. The Morgan fingerprint density at radius 1 is 1.13 bits per heavy atom. The number of nitrogens with one attached hydrogen (secondary N) is 1. The summed E-state index contributed by atoms with van der Waals surface area (Å²) in [5.74, 6) is 0.969. The zero-order chi connectivity index (χ0) is 21.6. The number of hydrogen-bond acceptors (Lipinski definition) is 3. The Hall–Kier alpha value is -2.54. The minimum absolute atomic E-state index is 0.164. The second kappa shape index (κ2) is 9.98. The molecule has 30 heavy (non-hydrogen) atoms. The van der Waals surface area contributed by atoms with Gasteiger partial charge < -0.3 is 15.0 Å². The number of ether oxygens (including phenoxy) is 1. The average molecular weight is 420 g/mol. The van der Waals surface area contributed by atoms with E-state index in [1.165, 1.54) is 12.1 Å². The quantitative estimate of drug-likeness (QED) is 0.611. The van der Waals surface area contributed by atoms with Crippen LogP contribution in [-0.2, 0) is 23.9 Å². The van der Waals surface area contributed by atoms with Crippen molar-refractivity contribution in [3.8, 4) is 5.75 Å². The number of hydrogen-bond donors (Lipinski definition) is 1. The number of alkyl halides is 3. The van der Waals surface area contributed by atoms with E-state index < -0.39 is 11.7 Å². The van der Waals surface area contributed by atoms with E-state index in [9.17, 15) is 18.0 Å². The highest BCUT2D eigenvalue weighted by Gasteiger charge is 2.31. The van der Waals surface area contributed by atoms with Crippen LogP contribution in [0.2, 0.25) is 0 Å². The van der Waals surface area contributed by atoms with E-state index in [-0.39, 0.29) is 11.9 Å². The van der Waals surface area contributed by atoms with E-state index in [4.69, 9.17) is 4.74 Å². The monoisotopic (exact) mass is 420 g/mol. The standard InChI is InChI=1S/C23H27F3N2O2/c1-30-21-7-3-4-17(15-21)11-13-28-20(8-9-22(28)29)10-12-27-16-18-5-2-6-19(14-18)23(24,25)26/h2-7,14-15,20,27H,8-13,16H2,1H3. The second-order valence-electron chi connectivity index (χ2n) is 7.54. The molecular weight excluding hydrogens is 393 g/mol. The second-order valence-corrected chi connectivity index (χ2v) is 7.54. The predicted molar refractivity (Wildman–Crippen MR) is 109 cm³/mol. The van der Waals surface area contributed by atoms with Crippen LogP contribution in [0.15, 0.2) is 48.5 Å². The molecule has 1 N–H and O–H groups in total. The van der Waals surface area contributed by atoms with Gasteiger partial charge in [-0.2, -0.15) is 13.2 Å². The minimum Gasteiger partial charge on any atom is -0.497 e. The third-order valence-corrected chi connectivity index (χ3v) is 5.47. The SMILES string of the molecule is COc1cccc(CCN2C(=O)CCC2CCNCc2cccc(C(F)(F)F)c2)c1. The fraction of sp³-hybridized carbons (Fsp3) is 0.435. The summed E-state index contributed by atoms with van der Waals surface area (Å²) < 4.78 is 43.7. The largest absolute Gasteiger partial charge is 0.497 e. The maximum absolute atomic E-state index is 12.8. The van der Waals surface area contributed by atoms with Crippen molar-refractivity contribution in [2.45, 2.75) is 44.4 Å². The Balaban J connectivity index is 1.47. The van der Waals surface area contributed by atoms with Gasteiger partial charge in [0.25, 0.3) is 0 Å². The molecule has 3 rings (SSSR count). The van der Waals surface area contributed by atoms with Crippen LogP contribution in [0.3, 0.4) is 0 Å². The van der Waals surface area contributed by atoms with Crippen LogP contribution in [0.5, 0.6) is 5.75 Å². The maximum Gasteiger partial charge on any atom is 0.416 e. The first kappa shape index (κ1) is 22.2. The number of nitrogens with zero attached hydrogens (tertiary/aromatic N) is 1. The summed E-state index contributed by atoms with van der Waals surface area (Å²) in [4.78, 5) is 14.2. The van der Waals surface area contributed by atoms with Gasteiger partial charge in [-0.1, -0.05) is 30.3 Å². The smallest absolute Gasteiger partial charge is 0.416 e. The van der Waals surface area contributed by atoms with E-state index in [2.05, 4.69) is 5.32 Å². The number of carbonyl (C=O) groups excluding carboxylic acids is 1. The Kier molecular flexibility index (Phi) is 7.37. The molecule has 0 saturated carbocycles. The molecule has 1 heterocycles. The molecule has 1 atom stereocenters. The van der Waals surface area contributed by atoms with E-state index >= 15 is 0 Å². The molecule has 1 aliphatic rings. The van der Waals surface area contributed by atoms with Crippen molar-refractivity contribution in [1.29, 1.82) is 0 Å². The van der Waals surface area contributed by atoms with Gasteiger partial charge in [-0.3, -0.25) is 4.79 Å². The molecule has 0 bridgehead atoms. The molecule has 1 unspecified atom stereocenters. The molecule has 1 fully saturated rings. The van der Waals surface area contributed by atoms with Crippen LogP contribution in [0.4, 0.5) is 13.2 Å². The summed E-state index contributed by atoms with van der Waals surface area (Å²) in [7, 11) is 1.63. The average Bonchev–Trinajstić information content (AvgIpc) is 3.09. The Bertz CT molecular complexity index is 854. The summed E-state index contributed by atoms with van der Waals surface area (Å²) in [5, 5.41) is 3.21. The van der Waals surface area contributed by atoms with Crippen LogP contribution < -0.4 is 10.1 Å². The molecule has 0 spiro atoms. The third kappa shape index (κ3) is 5.98. The normalized spacial score (nSPS) is 16.9. The highest BCUT2D eigenvalue weighted by atomic mass is 19.4. The van der Waals surface area contributed by atoms with Gasteiger partial charge in [0.2, 0.25) is 5.91 Å². The van der Waals surface area contributed by atoms with E-state index in [0.29, 0.717) is 31.6 Å². The molecule has 7 heteroatoms. The van der Waals surface area contributed by atoms with E-state index in [1.54, 1.807) is 13.2 Å². The summed E-state index contributed by atoms with van der Waals surface area (Å²) in [6.45, 7) is 1.67. The van der Waals surface area contributed by atoms with Crippen LogP contribution in [0.1, 0.15) is 36.0 Å². The molecule has 1 aliphatic heterocycles. The molecule has 0 aliphatic carbocycles. The van der Waals surface area contributed by atoms with Gasteiger partial charge in [-0.05, 0) is 55.1 Å². The Morgan fingerprint density at radius 3 is 2.67 bits per heavy atom. The fourth-order valence-electron chi connectivity index (χ4n) is 3.84. The zero-order valence-corrected chi connectivity index (χ0v) is 17.0. The Labute approximate surface area is 175 Å². The lowest BCUT2D eigenvalue weighted by Gasteiger charge is -2.25. The van der Waals surface area contributed by atoms with Gasteiger partial charge in [0, 0.05) is 25.6 Å². The van der Waals surface area contributed by atoms with Crippen LogP contribution in [0.25, 0.3) is 0 Å². The number of amides is 1. The highest BCUT2D eigenvalue weighted by molar-refractivity contribution is 5.78. The number of halogens is 3. The lowest BCUT2D eigenvalue weighted by atomic mass is 10.1. The lowest BCUT2D eigenvalue weighted by Crippen LogP contribution is -2.36. The van der Waals surface area contributed by atoms with Crippen molar-refractivity contribution in [3.05, 3.63) is 65.2 Å². The van der Waals surface area contributed by atoms with Gasteiger partial charge in [0.15, 0.2) is 0 Å². The minimum atomic E-state index is -4.33. The lowest BCUT2D eigenvalue weighted by molar-refractivity contribution is -0.137. The van der Waals surface area contributed by atoms with Crippen molar-refractivity contribution in [2.75, 3.05) is 20.2 Å². The fourth-order valence-corrected chi connectivity index (χ4v) is 3.84. The van der Waals surface area contributed by atoms with Crippen molar-refractivity contribution in [1.82, 2.24) is 10.2 Å². The molecular formula is C23H27F3N2O2. The molecule has 1 saturated heterocycles. The first-order chi connectivity index (χ1) is 14.4. The van der Waals surface area contributed by atoms with Crippen LogP contribution in [-0.4, -0.2) is 37.0 Å². The molecule has 0 aromatic heterocycles. The molecule has 2 aromatic rings. The highest BCUT2D eigenvalue weighted by Crippen LogP contribution is 2.29. The van der Waals surface area contributed by atoms with Crippen LogP contribution in [0, 0.1) is 0 Å². The number of methoxy groups -OCH3 is 1.